The van der Waals surface area contributed by atoms with Crippen LogP contribution < -0.4 is 10.6 Å². The van der Waals surface area contributed by atoms with Crippen LogP contribution in [0.2, 0.25) is 10.0 Å². The van der Waals surface area contributed by atoms with Crippen LogP contribution in [0, 0.1) is 6.92 Å². The molecule has 2 aromatic carbocycles. The van der Waals surface area contributed by atoms with Crippen molar-refractivity contribution in [2.75, 3.05) is 11.9 Å². The number of carbonyl (C=O) groups excluding carboxylic acids is 2. The van der Waals surface area contributed by atoms with Crippen molar-refractivity contribution in [2.24, 2.45) is 0 Å². The molecule has 4 nitrogen and oxygen atoms in total. The van der Waals surface area contributed by atoms with Gasteiger partial charge in [0.05, 0.1) is 16.5 Å². The maximum Gasteiger partial charge on any atom is 0.251 e. The van der Waals surface area contributed by atoms with Gasteiger partial charge >= 0.3 is 0 Å². The SMILES string of the molecule is CCNC(=O)c1ccc(C)c(NC(=O)Cc2ccc(Cl)c(Cl)c2)c1. The number of nitrogens with one attached hydrogen (secondary N) is 2. The van der Waals surface area contributed by atoms with E-state index in [1.165, 1.54) is 0 Å². The number of hydrogen-bond donors (Lipinski definition) is 2. The first kappa shape index (κ1) is 18.3. The summed E-state index contributed by atoms with van der Waals surface area (Å²) in [5, 5.41) is 6.43. The van der Waals surface area contributed by atoms with Gasteiger partial charge in [-0.25, -0.2) is 0 Å². The second-order valence-electron chi connectivity index (χ2n) is 5.36. The number of carbonyl (C=O) groups is 2. The van der Waals surface area contributed by atoms with Crippen LogP contribution in [0.1, 0.15) is 28.4 Å². The summed E-state index contributed by atoms with van der Waals surface area (Å²) < 4.78 is 0. The topological polar surface area (TPSA) is 58.2 Å². The largest absolute Gasteiger partial charge is 0.352 e. The quantitative estimate of drug-likeness (QED) is 0.833. The standard InChI is InChI=1S/C18H18Cl2N2O2/c1-3-21-18(24)13-6-4-11(2)16(10-13)22-17(23)9-12-5-7-14(19)15(20)8-12/h4-8,10H,3,9H2,1-2H3,(H,21,24)(H,22,23). The van der Waals surface area contributed by atoms with E-state index in [1.54, 1.807) is 36.4 Å². The molecule has 6 heteroatoms. The number of hydrogen-bond acceptors (Lipinski definition) is 2. The highest BCUT2D eigenvalue weighted by molar-refractivity contribution is 6.42. The molecule has 0 fully saturated rings. The van der Waals surface area contributed by atoms with E-state index >= 15 is 0 Å². The maximum atomic E-state index is 12.2. The van der Waals surface area contributed by atoms with E-state index in [0.29, 0.717) is 27.8 Å². The third kappa shape index (κ3) is 4.73. The Morgan fingerprint density at radius 2 is 1.79 bits per heavy atom. The molecule has 2 aromatic rings. The van der Waals surface area contributed by atoms with E-state index in [-0.39, 0.29) is 18.2 Å². The van der Waals surface area contributed by atoms with Gasteiger partial charge in [0.2, 0.25) is 5.91 Å². The second-order valence-corrected chi connectivity index (χ2v) is 6.18. The van der Waals surface area contributed by atoms with Gasteiger partial charge in [0.15, 0.2) is 0 Å². The van der Waals surface area contributed by atoms with Crippen LogP contribution in [-0.4, -0.2) is 18.4 Å². The molecule has 0 bridgehead atoms. The lowest BCUT2D eigenvalue weighted by molar-refractivity contribution is -0.115. The lowest BCUT2D eigenvalue weighted by Gasteiger charge is -2.11. The fourth-order valence-corrected chi connectivity index (χ4v) is 2.51. The van der Waals surface area contributed by atoms with E-state index in [2.05, 4.69) is 10.6 Å². The molecule has 0 aliphatic rings. The number of aryl methyl sites for hydroxylation is 1. The minimum absolute atomic E-state index is 0.168. The first-order valence-corrected chi connectivity index (χ1v) is 8.29. The highest BCUT2D eigenvalue weighted by Crippen LogP contribution is 2.23. The molecule has 0 spiro atoms. The van der Waals surface area contributed by atoms with Gasteiger partial charge in [-0.05, 0) is 49.2 Å². The van der Waals surface area contributed by atoms with E-state index in [0.717, 1.165) is 11.1 Å². The van der Waals surface area contributed by atoms with E-state index in [9.17, 15) is 9.59 Å². The Hall–Kier alpha value is -2.04. The Kier molecular flexibility index (Phi) is 6.23. The zero-order valence-electron chi connectivity index (χ0n) is 13.5. The van der Waals surface area contributed by atoms with E-state index in [1.807, 2.05) is 13.8 Å². The molecule has 126 valence electrons. The molecule has 0 unspecified atom stereocenters. The minimum Gasteiger partial charge on any atom is -0.352 e. The molecule has 0 saturated carbocycles. The van der Waals surface area contributed by atoms with Crippen LogP contribution in [0.4, 0.5) is 5.69 Å². The second kappa shape index (κ2) is 8.18. The van der Waals surface area contributed by atoms with Gasteiger partial charge < -0.3 is 10.6 Å². The predicted octanol–water partition coefficient (Wildman–Crippen LogP) is 4.23. The Morgan fingerprint density at radius 1 is 1.04 bits per heavy atom. The first-order valence-electron chi connectivity index (χ1n) is 7.53. The molecule has 0 atom stereocenters. The fourth-order valence-electron chi connectivity index (χ4n) is 2.19. The number of anilines is 1. The van der Waals surface area contributed by atoms with Crippen molar-refractivity contribution < 1.29 is 9.59 Å². The van der Waals surface area contributed by atoms with E-state index < -0.39 is 0 Å². The van der Waals surface area contributed by atoms with Crippen molar-refractivity contribution in [1.82, 2.24) is 5.32 Å². The Morgan fingerprint density at radius 3 is 2.46 bits per heavy atom. The number of halogens is 2. The Balaban J connectivity index is 2.11. The van der Waals surface area contributed by atoms with Crippen molar-refractivity contribution in [3.63, 3.8) is 0 Å². The summed E-state index contributed by atoms with van der Waals surface area (Å²) in [5.41, 5.74) is 2.76. The zero-order valence-corrected chi connectivity index (χ0v) is 15.0. The van der Waals surface area contributed by atoms with E-state index in [4.69, 9.17) is 23.2 Å². The van der Waals surface area contributed by atoms with Crippen LogP contribution >= 0.6 is 23.2 Å². The normalized spacial score (nSPS) is 10.3. The van der Waals surface area contributed by atoms with Crippen molar-refractivity contribution in [1.29, 1.82) is 0 Å². The van der Waals surface area contributed by atoms with Gasteiger partial charge in [0, 0.05) is 17.8 Å². The third-order valence-electron chi connectivity index (χ3n) is 3.46. The molecule has 0 aliphatic carbocycles. The summed E-state index contributed by atoms with van der Waals surface area (Å²) in [4.78, 5) is 24.2. The lowest BCUT2D eigenvalue weighted by Crippen LogP contribution is -2.23. The molecule has 24 heavy (non-hydrogen) atoms. The average Bonchev–Trinajstić information content (AvgIpc) is 2.53. The molecule has 0 radical (unpaired) electrons. The lowest BCUT2D eigenvalue weighted by atomic mass is 10.1. The van der Waals surface area contributed by atoms with Gasteiger partial charge in [-0.3, -0.25) is 9.59 Å². The molecule has 2 rings (SSSR count). The van der Waals surface area contributed by atoms with Crippen molar-refractivity contribution in [2.45, 2.75) is 20.3 Å². The van der Waals surface area contributed by atoms with Gasteiger partial charge in [-0.2, -0.15) is 0 Å². The van der Waals surface area contributed by atoms with Crippen LogP contribution in [0.3, 0.4) is 0 Å². The molecule has 2 amide bonds. The Labute approximate surface area is 151 Å². The summed E-state index contributed by atoms with van der Waals surface area (Å²) in [6.45, 7) is 4.27. The summed E-state index contributed by atoms with van der Waals surface area (Å²) in [6.07, 6.45) is 0.168. The summed E-state index contributed by atoms with van der Waals surface area (Å²) in [5.74, 6) is -0.359. The van der Waals surface area contributed by atoms with Crippen molar-refractivity contribution in [3.05, 3.63) is 63.1 Å². The van der Waals surface area contributed by atoms with Crippen molar-refractivity contribution in [3.8, 4) is 0 Å². The summed E-state index contributed by atoms with van der Waals surface area (Å²) in [7, 11) is 0. The first-order chi connectivity index (χ1) is 11.4. The average molecular weight is 365 g/mol. The fraction of sp³-hybridized carbons (Fsp3) is 0.222. The Bertz CT molecular complexity index is 776. The zero-order chi connectivity index (χ0) is 17.7. The molecule has 2 N–H and O–H groups in total. The number of rotatable bonds is 5. The highest BCUT2D eigenvalue weighted by Gasteiger charge is 2.11. The predicted molar refractivity (Wildman–Crippen MR) is 98.0 cm³/mol. The molecular weight excluding hydrogens is 347 g/mol. The third-order valence-corrected chi connectivity index (χ3v) is 4.20. The van der Waals surface area contributed by atoms with Crippen LogP contribution in [-0.2, 0) is 11.2 Å². The van der Waals surface area contributed by atoms with Gasteiger partial charge in [0.1, 0.15) is 0 Å². The maximum absolute atomic E-state index is 12.2. The van der Waals surface area contributed by atoms with Crippen LogP contribution in [0.25, 0.3) is 0 Å². The number of amides is 2. The summed E-state index contributed by atoms with van der Waals surface area (Å²) in [6, 6.07) is 10.3. The number of benzene rings is 2. The van der Waals surface area contributed by atoms with Crippen molar-refractivity contribution >= 4 is 40.7 Å². The van der Waals surface area contributed by atoms with Crippen LogP contribution in [0.5, 0.6) is 0 Å². The van der Waals surface area contributed by atoms with Gasteiger partial charge in [-0.1, -0.05) is 35.3 Å². The molecule has 0 saturated heterocycles. The molecular formula is C18H18Cl2N2O2. The molecule has 0 aromatic heterocycles. The smallest absolute Gasteiger partial charge is 0.251 e. The monoisotopic (exact) mass is 364 g/mol. The minimum atomic E-state index is -0.190. The highest BCUT2D eigenvalue weighted by atomic mass is 35.5. The van der Waals surface area contributed by atoms with Gasteiger partial charge in [0.25, 0.3) is 5.91 Å². The molecule has 0 aliphatic heterocycles. The molecule has 0 heterocycles. The van der Waals surface area contributed by atoms with Crippen LogP contribution in [0.15, 0.2) is 36.4 Å². The van der Waals surface area contributed by atoms with Gasteiger partial charge in [-0.15, -0.1) is 0 Å². The summed E-state index contributed by atoms with van der Waals surface area (Å²) >= 11 is 11.8.